The number of hydrogen-bond donors (Lipinski definition) is 2. The highest BCUT2D eigenvalue weighted by molar-refractivity contribution is 6.67. The molecule has 0 bridgehead atoms. The number of alkyl carbamates (subject to hydrolysis) is 1. The van der Waals surface area contributed by atoms with Gasteiger partial charge in [-0.1, -0.05) is 34.8 Å². The molecule has 0 aromatic carbocycles. The second-order valence-electron chi connectivity index (χ2n) is 5.88. The summed E-state index contributed by atoms with van der Waals surface area (Å²) in [6, 6.07) is -1.43. The monoisotopic (exact) mass is 479 g/mol. The average molecular weight is 481 g/mol. The predicted molar refractivity (Wildman–Crippen MR) is 97.2 cm³/mol. The fraction of sp³-hybridized carbons (Fsp3) is 0.733. The molecule has 1 heterocycles. The van der Waals surface area contributed by atoms with Gasteiger partial charge in [0.15, 0.2) is 18.5 Å². The Bertz CT molecular complexity index is 626. The van der Waals surface area contributed by atoms with Crippen molar-refractivity contribution in [1.82, 2.24) is 5.32 Å². The number of amides is 1. The Labute approximate surface area is 180 Å². The summed E-state index contributed by atoms with van der Waals surface area (Å²) < 4.78 is 23.2. The predicted octanol–water partition coefficient (Wildman–Crippen LogP) is 0.595. The third kappa shape index (κ3) is 9.22. The maximum Gasteiger partial charge on any atom is 0.407 e. The second kappa shape index (κ2) is 11.0. The third-order valence-corrected chi connectivity index (χ3v) is 3.70. The Balaban J connectivity index is 3.06. The summed E-state index contributed by atoms with van der Waals surface area (Å²) in [5.41, 5.74) is 0. The fourth-order valence-corrected chi connectivity index (χ4v) is 2.56. The molecule has 1 saturated heterocycles. The fourth-order valence-electron chi connectivity index (χ4n) is 2.40. The highest BCUT2D eigenvalue weighted by atomic mass is 35.6. The number of aliphatic hydroxyl groups is 1. The number of esters is 3. The Kier molecular flexibility index (Phi) is 9.69. The SMILES string of the molecule is CC(=O)OCC1OC(O)[C@@H](NC(=O)OCC(Cl)(Cl)Cl)[C@@H](OC(C)=O)[C@@H]1OC(C)=O. The summed E-state index contributed by atoms with van der Waals surface area (Å²) >= 11 is 16.5. The zero-order valence-electron chi connectivity index (χ0n) is 15.6. The maximum atomic E-state index is 12.0. The van der Waals surface area contributed by atoms with E-state index in [-0.39, 0.29) is 0 Å². The van der Waals surface area contributed by atoms with Gasteiger partial charge < -0.3 is 34.1 Å². The summed E-state index contributed by atoms with van der Waals surface area (Å²) in [5.74, 6) is -2.25. The number of carbonyl (C=O) groups excluding carboxylic acids is 4. The molecule has 5 atom stereocenters. The van der Waals surface area contributed by atoms with Crippen molar-refractivity contribution >= 4 is 58.8 Å². The molecule has 0 spiro atoms. The van der Waals surface area contributed by atoms with Gasteiger partial charge in [0.1, 0.15) is 25.4 Å². The number of carbonyl (C=O) groups is 4. The first-order valence-corrected chi connectivity index (χ1v) is 9.25. The van der Waals surface area contributed by atoms with E-state index in [1.165, 1.54) is 0 Å². The molecular weight excluding hydrogens is 461 g/mol. The van der Waals surface area contributed by atoms with Crippen LogP contribution in [-0.4, -0.2) is 76.8 Å². The quantitative estimate of drug-likeness (QED) is 0.314. The van der Waals surface area contributed by atoms with Gasteiger partial charge in [-0.25, -0.2) is 4.79 Å². The lowest BCUT2D eigenvalue weighted by atomic mass is 9.96. The summed E-state index contributed by atoms with van der Waals surface area (Å²) in [7, 11) is 0. The largest absolute Gasteiger partial charge is 0.463 e. The highest BCUT2D eigenvalue weighted by Gasteiger charge is 2.50. The van der Waals surface area contributed by atoms with E-state index in [4.69, 9.17) is 58.5 Å². The van der Waals surface area contributed by atoms with Gasteiger partial charge in [0, 0.05) is 20.8 Å². The molecule has 0 radical (unpaired) electrons. The molecular formula is C15H20Cl3NO10. The van der Waals surface area contributed by atoms with Crippen molar-refractivity contribution in [3.05, 3.63) is 0 Å². The number of nitrogens with one attached hydrogen (secondary N) is 1. The molecule has 0 saturated carbocycles. The normalized spacial score (nSPS) is 26.8. The smallest absolute Gasteiger partial charge is 0.407 e. The molecule has 1 fully saturated rings. The van der Waals surface area contributed by atoms with Gasteiger partial charge >= 0.3 is 24.0 Å². The molecule has 1 amide bonds. The highest BCUT2D eigenvalue weighted by Crippen LogP contribution is 2.27. The summed E-state index contributed by atoms with van der Waals surface area (Å²) in [6.07, 6.45) is -6.84. The van der Waals surface area contributed by atoms with Gasteiger partial charge in [-0.3, -0.25) is 14.4 Å². The van der Waals surface area contributed by atoms with Crippen molar-refractivity contribution in [3.8, 4) is 0 Å². The Morgan fingerprint density at radius 1 is 0.966 bits per heavy atom. The van der Waals surface area contributed by atoms with Crippen LogP contribution in [0.3, 0.4) is 0 Å². The van der Waals surface area contributed by atoms with E-state index in [0.717, 1.165) is 20.8 Å². The topological polar surface area (TPSA) is 147 Å². The first-order chi connectivity index (χ1) is 13.3. The van der Waals surface area contributed by atoms with Crippen LogP contribution >= 0.6 is 34.8 Å². The number of ether oxygens (including phenoxy) is 5. The maximum absolute atomic E-state index is 12.0. The van der Waals surface area contributed by atoms with Crippen LogP contribution in [0.1, 0.15) is 20.8 Å². The van der Waals surface area contributed by atoms with Crippen LogP contribution in [0, 0.1) is 0 Å². The molecule has 1 aliphatic heterocycles. The summed E-state index contributed by atoms with van der Waals surface area (Å²) in [5, 5.41) is 12.5. The van der Waals surface area contributed by atoms with Crippen LogP contribution in [0.15, 0.2) is 0 Å². The first-order valence-electron chi connectivity index (χ1n) is 8.11. The van der Waals surface area contributed by atoms with Crippen molar-refractivity contribution in [3.63, 3.8) is 0 Å². The van der Waals surface area contributed by atoms with Crippen LogP contribution in [0.5, 0.6) is 0 Å². The van der Waals surface area contributed by atoms with E-state index in [0.29, 0.717) is 0 Å². The molecule has 2 N–H and O–H groups in total. The van der Waals surface area contributed by atoms with E-state index in [1.807, 2.05) is 0 Å². The Hall–Kier alpha value is -1.53. The number of halogens is 3. The molecule has 14 heteroatoms. The zero-order chi connectivity index (χ0) is 22.4. The first kappa shape index (κ1) is 25.5. The van der Waals surface area contributed by atoms with E-state index in [2.05, 4.69) is 5.32 Å². The lowest BCUT2D eigenvalue weighted by molar-refractivity contribution is -0.264. The van der Waals surface area contributed by atoms with Gasteiger partial charge in [0.25, 0.3) is 0 Å². The minimum absolute atomic E-state index is 0.424. The minimum atomic E-state index is -1.89. The van der Waals surface area contributed by atoms with Gasteiger partial charge in [-0.2, -0.15) is 0 Å². The molecule has 29 heavy (non-hydrogen) atoms. The lowest BCUT2D eigenvalue weighted by Crippen LogP contribution is -2.66. The molecule has 1 rings (SSSR count). The Morgan fingerprint density at radius 2 is 1.52 bits per heavy atom. The van der Waals surface area contributed by atoms with Crippen molar-refractivity contribution in [2.45, 2.75) is 55.2 Å². The number of rotatable bonds is 6. The van der Waals surface area contributed by atoms with Crippen molar-refractivity contribution in [1.29, 1.82) is 0 Å². The third-order valence-electron chi connectivity index (χ3n) is 3.37. The molecule has 0 aromatic heterocycles. The summed E-state index contributed by atoms with van der Waals surface area (Å²) in [6.45, 7) is 2.23. The van der Waals surface area contributed by atoms with Gasteiger partial charge in [-0.15, -0.1) is 0 Å². The molecule has 166 valence electrons. The van der Waals surface area contributed by atoms with Gasteiger partial charge in [0.2, 0.25) is 3.79 Å². The van der Waals surface area contributed by atoms with Crippen LogP contribution < -0.4 is 5.32 Å². The van der Waals surface area contributed by atoms with Crippen molar-refractivity contribution in [2.24, 2.45) is 0 Å². The van der Waals surface area contributed by atoms with E-state index < -0.39 is 71.7 Å². The van der Waals surface area contributed by atoms with Gasteiger partial charge in [-0.05, 0) is 0 Å². The number of aliphatic hydroxyl groups excluding tert-OH is 1. The van der Waals surface area contributed by atoms with Gasteiger partial charge in [0.05, 0.1) is 0 Å². The average Bonchev–Trinajstić information content (AvgIpc) is 2.55. The van der Waals surface area contributed by atoms with E-state index >= 15 is 0 Å². The molecule has 1 aliphatic rings. The zero-order valence-corrected chi connectivity index (χ0v) is 17.8. The Morgan fingerprint density at radius 3 is 2.00 bits per heavy atom. The van der Waals surface area contributed by atoms with Crippen LogP contribution in [-0.2, 0) is 38.1 Å². The van der Waals surface area contributed by atoms with E-state index in [1.54, 1.807) is 0 Å². The number of hydrogen-bond acceptors (Lipinski definition) is 10. The van der Waals surface area contributed by atoms with Crippen LogP contribution in [0.4, 0.5) is 4.79 Å². The minimum Gasteiger partial charge on any atom is -0.463 e. The summed E-state index contributed by atoms with van der Waals surface area (Å²) in [4.78, 5) is 46.1. The van der Waals surface area contributed by atoms with Crippen LogP contribution in [0.25, 0.3) is 0 Å². The lowest BCUT2D eigenvalue weighted by Gasteiger charge is -2.43. The number of alkyl halides is 3. The van der Waals surface area contributed by atoms with Crippen molar-refractivity contribution in [2.75, 3.05) is 13.2 Å². The molecule has 2 unspecified atom stereocenters. The molecule has 0 aliphatic carbocycles. The molecule has 11 nitrogen and oxygen atoms in total. The van der Waals surface area contributed by atoms with Crippen molar-refractivity contribution < 1.29 is 48.0 Å². The van der Waals surface area contributed by atoms with Crippen LogP contribution in [0.2, 0.25) is 0 Å². The second-order valence-corrected chi connectivity index (χ2v) is 8.39. The van der Waals surface area contributed by atoms with E-state index in [9.17, 15) is 24.3 Å². The molecule has 0 aromatic rings. The standard InChI is InChI=1S/C15H20Cl3NO10/c1-6(20)25-4-9-11(27-7(2)21)12(28-8(3)22)10(13(23)29-9)19-14(24)26-5-15(16,17)18/h9-13,23H,4-5H2,1-3H3,(H,19,24)/t9?,10-,11+,12+,13?/m0/s1.